The van der Waals surface area contributed by atoms with E-state index in [1.165, 1.54) is 45.4 Å². The Balaban J connectivity index is 1.84. The third kappa shape index (κ3) is 9.39. The maximum absolute atomic E-state index is 13.7. The highest BCUT2D eigenvalue weighted by molar-refractivity contribution is 5.35. The Hall–Kier alpha value is -2.73. The van der Waals surface area contributed by atoms with Crippen molar-refractivity contribution < 1.29 is 49.7 Å². The molecule has 2 aromatic rings. The zero-order chi connectivity index (χ0) is 31.1. The fraction of sp³-hybridized carbons (Fsp3) is 0.517. The Morgan fingerprint density at radius 3 is 2.12 bits per heavy atom. The van der Waals surface area contributed by atoms with Gasteiger partial charge in [-0.25, -0.2) is 4.39 Å². The van der Waals surface area contributed by atoms with Crippen molar-refractivity contribution >= 4 is 0 Å². The average molecular weight is 607 g/mol. The monoisotopic (exact) mass is 606 g/mol. The van der Waals surface area contributed by atoms with Crippen molar-refractivity contribution in [3.05, 3.63) is 70.5 Å². The zero-order valence-corrected chi connectivity index (χ0v) is 23.6. The molecular weight excluding hydrogens is 573 g/mol. The highest BCUT2D eigenvalue weighted by Gasteiger charge is 2.39. The van der Waals surface area contributed by atoms with Crippen LogP contribution in [0.5, 0.6) is 0 Å². The number of hydrogen-bond acceptors (Lipinski definition) is 6. The molecule has 0 aromatic heterocycles. The van der Waals surface area contributed by atoms with Gasteiger partial charge in [-0.05, 0) is 55.4 Å². The van der Waals surface area contributed by atoms with Crippen molar-refractivity contribution in [1.82, 2.24) is 9.80 Å². The summed E-state index contributed by atoms with van der Waals surface area (Å²) < 4.78 is 116. The van der Waals surface area contributed by atoms with Crippen LogP contribution in [-0.4, -0.2) is 76.4 Å². The predicted octanol–water partition coefficient (Wildman–Crippen LogP) is 5.89. The van der Waals surface area contributed by atoms with Gasteiger partial charge in [-0.1, -0.05) is 24.0 Å². The van der Waals surface area contributed by atoms with Crippen LogP contribution in [0.25, 0.3) is 0 Å². The van der Waals surface area contributed by atoms with Gasteiger partial charge in [0, 0.05) is 20.8 Å². The molecule has 0 aliphatic carbocycles. The van der Waals surface area contributed by atoms with E-state index in [0.29, 0.717) is 37.3 Å². The SMILES string of the molecule is COC(CN(C)CC#CCN1CCOC(OC(C)c2cc(C(F)(F)F)cc(C(F)(F)F)c2)C1c1ccc(F)cc1)OC. The number of morpholine rings is 1. The summed E-state index contributed by atoms with van der Waals surface area (Å²) in [6.45, 7) is 3.05. The van der Waals surface area contributed by atoms with E-state index >= 15 is 0 Å². The van der Waals surface area contributed by atoms with Gasteiger partial charge in [0.1, 0.15) is 5.82 Å². The lowest BCUT2D eigenvalue weighted by molar-refractivity contribution is -0.228. The van der Waals surface area contributed by atoms with Crippen molar-refractivity contribution in [3.8, 4) is 11.8 Å². The third-order valence-electron chi connectivity index (χ3n) is 6.68. The summed E-state index contributed by atoms with van der Waals surface area (Å²) in [5.41, 5.74) is -2.61. The van der Waals surface area contributed by atoms with Gasteiger partial charge < -0.3 is 18.9 Å². The molecule has 1 fully saturated rings. The van der Waals surface area contributed by atoms with Gasteiger partial charge in [0.25, 0.3) is 0 Å². The molecule has 1 heterocycles. The fourth-order valence-electron chi connectivity index (χ4n) is 4.41. The Bertz CT molecular complexity index is 1180. The molecule has 3 rings (SSSR count). The molecular formula is C29H33F7N2O4. The number of halogens is 7. The molecule has 1 aliphatic heterocycles. The molecule has 13 heteroatoms. The van der Waals surface area contributed by atoms with Crippen LogP contribution in [0.1, 0.15) is 41.3 Å². The van der Waals surface area contributed by atoms with Crippen LogP contribution in [0.15, 0.2) is 42.5 Å². The van der Waals surface area contributed by atoms with Gasteiger partial charge >= 0.3 is 12.4 Å². The summed E-state index contributed by atoms with van der Waals surface area (Å²) in [7, 11) is 4.91. The summed E-state index contributed by atoms with van der Waals surface area (Å²) in [6, 6.07) is 6.18. The number of likely N-dealkylation sites (N-methyl/N-ethyl adjacent to an activating group) is 1. The van der Waals surface area contributed by atoms with Crippen molar-refractivity contribution in [3.63, 3.8) is 0 Å². The molecule has 1 saturated heterocycles. The van der Waals surface area contributed by atoms with Crippen LogP contribution in [0, 0.1) is 17.7 Å². The number of ether oxygens (including phenoxy) is 4. The Labute approximate surface area is 240 Å². The topological polar surface area (TPSA) is 43.4 Å². The molecule has 0 spiro atoms. The standard InChI is InChI=1S/C29H33F7N2O4/c1-19(21-15-22(28(31,32)33)17-23(16-21)29(34,35)36)42-27-26(20-7-9-24(30)10-8-20)38(13-14-41-27)12-6-5-11-37(2)18-25(39-3)40-4/h7-10,15-17,19,25-27H,11-14,18H2,1-4H3. The lowest BCUT2D eigenvalue weighted by Gasteiger charge is -2.41. The number of hydrogen-bond donors (Lipinski definition) is 0. The summed E-state index contributed by atoms with van der Waals surface area (Å²) >= 11 is 0. The van der Waals surface area contributed by atoms with Gasteiger partial charge in [0.05, 0.1) is 49.5 Å². The van der Waals surface area contributed by atoms with E-state index in [9.17, 15) is 30.7 Å². The van der Waals surface area contributed by atoms with Crippen molar-refractivity contribution in [2.24, 2.45) is 0 Å². The van der Waals surface area contributed by atoms with Crippen LogP contribution in [0.2, 0.25) is 0 Å². The molecule has 0 bridgehead atoms. The number of benzene rings is 2. The minimum atomic E-state index is -4.99. The van der Waals surface area contributed by atoms with Crippen LogP contribution in [0.3, 0.4) is 0 Å². The first-order chi connectivity index (χ1) is 19.7. The second-order valence-electron chi connectivity index (χ2n) is 9.77. The zero-order valence-electron chi connectivity index (χ0n) is 23.6. The first kappa shape index (κ1) is 33.8. The minimum absolute atomic E-state index is 0.0667. The molecule has 3 unspecified atom stereocenters. The Morgan fingerprint density at radius 2 is 1.57 bits per heavy atom. The normalized spacial score (nSPS) is 19.2. The molecule has 1 aliphatic rings. The quantitative estimate of drug-likeness (QED) is 0.191. The largest absolute Gasteiger partial charge is 0.416 e. The third-order valence-corrected chi connectivity index (χ3v) is 6.68. The smallest absolute Gasteiger partial charge is 0.355 e. The molecule has 42 heavy (non-hydrogen) atoms. The minimum Gasteiger partial charge on any atom is -0.355 e. The highest BCUT2D eigenvalue weighted by Crippen LogP contribution is 2.39. The van der Waals surface area contributed by atoms with Crippen molar-refractivity contribution in [1.29, 1.82) is 0 Å². The van der Waals surface area contributed by atoms with Crippen molar-refractivity contribution in [2.45, 2.75) is 44.0 Å². The van der Waals surface area contributed by atoms with Crippen LogP contribution in [-0.2, 0) is 31.3 Å². The molecule has 0 saturated carbocycles. The van der Waals surface area contributed by atoms with E-state index in [-0.39, 0.29) is 24.8 Å². The molecule has 6 nitrogen and oxygen atoms in total. The fourth-order valence-corrected chi connectivity index (χ4v) is 4.41. The van der Waals surface area contributed by atoms with Gasteiger partial charge in [-0.15, -0.1) is 0 Å². The lowest BCUT2D eigenvalue weighted by Crippen LogP contribution is -2.46. The second-order valence-corrected chi connectivity index (χ2v) is 9.77. The lowest BCUT2D eigenvalue weighted by atomic mass is 10.0. The molecule has 232 valence electrons. The van der Waals surface area contributed by atoms with Crippen LogP contribution < -0.4 is 0 Å². The van der Waals surface area contributed by atoms with Crippen LogP contribution >= 0.6 is 0 Å². The van der Waals surface area contributed by atoms with E-state index in [1.54, 1.807) is 0 Å². The maximum atomic E-state index is 13.7. The van der Waals surface area contributed by atoms with E-state index in [1.807, 2.05) is 16.8 Å². The van der Waals surface area contributed by atoms with E-state index in [4.69, 9.17) is 18.9 Å². The summed E-state index contributed by atoms with van der Waals surface area (Å²) in [5, 5.41) is 0. The summed E-state index contributed by atoms with van der Waals surface area (Å²) in [4.78, 5) is 3.81. The van der Waals surface area contributed by atoms with Gasteiger partial charge in [0.15, 0.2) is 12.6 Å². The van der Waals surface area contributed by atoms with Gasteiger partial charge in [-0.3, -0.25) is 9.80 Å². The van der Waals surface area contributed by atoms with Gasteiger partial charge in [-0.2, -0.15) is 26.3 Å². The van der Waals surface area contributed by atoms with Crippen molar-refractivity contribution in [2.75, 3.05) is 54.1 Å². The maximum Gasteiger partial charge on any atom is 0.416 e. The predicted molar refractivity (Wildman–Crippen MR) is 139 cm³/mol. The second kappa shape index (κ2) is 14.6. The molecule has 0 amide bonds. The summed E-state index contributed by atoms with van der Waals surface area (Å²) in [6.07, 6.45) is -12.7. The highest BCUT2D eigenvalue weighted by atomic mass is 19.4. The van der Waals surface area contributed by atoms with Gasteiger partial charge in [0.2, 0.25) is 0 Å². The first-order valence-electron chi connectivity index (χ1n) is 13.0. The number of nitrogens with zero attached hydrogens (tertiary/aromatic N) is 2. The number of rotatable bonds is 10. The molecule has 2 aromatic carbocycles. The molecule has 0 N–H and O–H groups in total. The summed E-state index contributed by atoms with van der Waals surface area (Å²) in [5.74, 6) is 5.65. The average Bonchev–Trinajstić information content (AvgIpc) is 2.93. The number of methoxy groups -OCH3 is 2. The van der Waals surface area contributed by atoms with Crippen LogP contribution in [0.4, 0.5) is 30.7 Å². The number of alkyl halides is 6. The van der Waals surface area contributed by atoms with E-state index in [2.05, 4.69) is 11.8 Å². The Kier molecular flexibility index (Phi) is 11.8. The van der Waals surface area contributed by atoms with E-state index < -0.39 is 54.0 Å². The molecule has 0 radical (unpaired) electrons. The molecule has 3 atom stereocenters. The first-order valence-corrected chi connectivity index (χ1v) is 13.0. The Morgan fingerprint density at radius 1 is 0.976 bits per heavy atom. The van der Waals surface area contributed by atoms with E-state index in [0.717, 1.165) is 0 Å².